The highest BCUT2D eigenvalue weighted by atomic mass is 32.2. The van der Waals surface area contributed by atoms with Crippen molar-refractivity contribution < 1.29 is 17.9 Å². The van der Waals surface area contributed by atoms with Gasteiger partial charge in [-0.25, -0.2) is 13.4 Å². The zero-order valence-electron chi connectivity index (χ0n) is 17.4. The summed E-state index contributed by atoms with van der Waals surface area (Å²) in [6.07, 6.45) is 5.66. The molecule has 0 N–H and O–H groups in total. The molecule has 3 heterocycles. The van der Waals surface area contributed by atoms with Crippen molar-refractivity contribution in [3.8, 4) is 5.75 Å². The van der Waals surface area contributed by atoms with Gasteiger partial charge in [-0.1, -0.05) is 23.5 Å². The summed E-state index contributed by atoms with van der Waals surface area (Å²) in [4.78, 5) is 24.1. The summed E-state index contributed by atoms with van der Waals surface area (Å²) < 4.78 is 32.4. The van der Waals surface area contributed by atoms with Crippen molar-refractivity contribution >= 4 is 42.6 Å². The van der Waals surface area contributed by atoms with Gasteiger partial charge in [0, 0.05) is 18.9 Å². The minimum Gasteiger partial charge on any atom is -0.492 e. The lowest BCUT2D eigenvalue weighted by molar-refractivity contribution is -0.121. The first-order valence-corrected chi connectivity index (χ1v) is 12.7. The van der Waals surface area contributed by atoms with E-state index in [0.717, 1.165) is 16.5 Å². The second kappa shape index (κ2) is 8.89. The van der Waals surface area contributed by atoms with E-state index in [0.29, 0.717) is 42.4 Å². The van der Waals surface area contributed by atoms with E-state index in [1.54, 1.807) is 17.3 Å². The van der Waals surface area contributed by atoms with Crippen molar-refractivity contribution in [3.63, 3.8) is 0 Å². The summed E-state index contributed by atoms with van der Waals surface area (Å²) in [6.45, 7) is 3.02. The maximum absolute atomic E-state index is 13.6. The van der Waals surface area contributed by atoms with Crippen LogP contribution in [-0.4, -0.2) is 54.0 Å². The highest BCUT2D eigenvalue weighted by Gasteiger charge is 2.39. The average Bonchev–Trinajstić information content (AvgIpc) is 3.40. The molecule has 31 heavy (non-hydrogen) atoms. The van der Waals surface area contributed by atoms with Crippen LogP contribution in [0.15, 0.2) is 42.7 Å². The molecule has 0 aliphatic carbocycles. The summed E-state index contributed by atoms with van der Waals surface area (Å²) >= 11 is 1.39. The van der Waals surface area contributed by atoms with Crippen LogP contribution in [-0.2, 0) is 21.4 Å². The lowest BCUT2D eigenvalue weighted by Crippen LogP contribution is -2.47. The van der Waals surface area contributed by atoms with Gasteiger partial charge in [0.1, 0.15) is 17.3 Å². The third-order valence-corrected chi connectivity index (χ3v) is 7.48. The molecule has 3 aromatic rings. The molecule has 10 heteroatoms. The van der Waals surface area contributed by atoms with E-state index >= 15 is 0 Å². The molecule has 1 fully saturated rings. The highest BCUT2D eigenvalue weighted by molar-refractivity contribution is 7.88. The molecule has 164 valence electrons. The van der Waals surface area contributed by atoms with E-state index < -0.39 is 16.1 Å². The van der Waals surface area contributed by atoms with Gasteiger partial charge in [0.25, 0.3) is 0 Å². The van der Waals surface area contributed by atoms with Crippen molar-refractivity contribution in [2.45, 2.75) is 32.4 Å². The number of hydrogen-bond donors (Lipinski definition) is 0. The molecule has 1 aliphatic heterocycles. The molecule has 1 atom stereocenters. The Balaban J connectivity index is 1.75. The fourth-order valence-electron chi connectivity index (χ4n) is 3.78. The fraction of sp³-hybridized carbons (Fsp3) is 0.381. The minimum absolute atomic E-state index is 0.255. The van der Waals surface area contributed by atoms with Gasteiger partial charge >= 0.3 is 0 Å². The molecule has 0 radical (unpaired) electrons. The number of benzene rings is 1. The lowest BCUT2D eigenvalue weighted by Gasteiger charge is -2.27. The average molecular weight is 461 g/mol. The second-order valence-corrected chi connectivity index (χ2v) is 10.3. The van der Waals surface area contributed by atoms with Gasteiger partial charge < -0.3 is 4.74 Å². The van der Waals surface area contributed by atoms with Crippen LogP contribution in [0, 0.1) is 0 Å². The van der Waals surface area contributed by atoms with E-state index in [1.165, 1.54) is 15.6 Å². The number of fused-ring (bicyclic) bond motifs is 1. The summed E-state index contributed by atoms with van der Waals surface area (Å²) in [5.41, 5.74) is 1.53. The molecular weight excluding hydrogens is 436 g/mol. The first-order chi connectivity index (χ1) is 14.9. The number of hydrogen-bond acceptors (Lipinski definition) is 7. The van der Waals surface area contributed by atoms with Gasteiger partial charge in [0.05, 0.1) is 24.1 Å². The van der Waals surface area contributed by atoms with Gasteiger partial charge in [0.15, 0.2) is 5.13 Å². The van der Waals surface area contributed by atoms with Crippen LogP contribution in [0.2, 0.25) is 0 Å². The van der Waals surface area contributed by atoms with Crippen molar-refractivity contribution in [2.75, 3.05) is 24.3 Å². The predicted octanol–water partition coefficient (Wildman–Crippen LogP) is 3.05. The molecular formula is C21H24N4O4S2. The molecule has 0 saturated carbocycles. The number of sulfonamides is 1. The number of thiazole rings is 1. The van der Waals surface area contributed by atoms with Crippen LogP contribution >= 0.6 is 11.3 Å². The number of nitrogens with zero attached hydrogens (tertiary/aromatic N) is 4. The maximum Gasteiger partial charge on any atom is 0.247 e. The zero-order chi connectivity index (χ0) is 22.0. The summed E-state index contributed by atoms with van der Waals surface area (Å²) in [5, 5.41) is 0.511. The third kappa shape index (κ3) is 4.56. The first-order valence-electron chi connectivity index (χ1n) is 10.1. The minimum atomic E-state index is -3.49. The molecule has 1 aromatic carbocycles. The smallest absolute Gasteiger partial charge is 0.247 e. The normalized spacial score (nSPS) is 17.2. The molecule has 2 aromatic heterocycles. The summed E-state index contributed by atoms with van der Waals surface area (Å²) in [6, 6.07) is 8.64. The van der Waals surface area contributed by atoms with Crippen LogP contribution in [0.4, 0.5) is 5.13 Å². The van der Waals surface area contributed by atoms with Gasteiger partial charge in [-0.05, 0) is 43.5 Å². The Hall–Kier alpha value is -2.56. The van der Waals surface area contributed by atoms with Crippen LogP contribution in [0.25, 0.3) is 10.2 Å². The van der Waals surface area contributed by atoms with Crippen LogP contribution < -0.4 is 9.64 Å². The van der Waals surface area contributed by atoms with E-state index in [9.17, 15) is 13.2 Å². The van der Waals surface area contributed by atoms with Gasteiger partial charge in [-0.3, -0.25) is 14.7 Å². The number of amides is 1. The summed E-state index contributed by atoms with van der Waals surface area (Å²) in [5.74, 6) is 0.388. The van der Waals surface area contributed by atoms with Crippen molar-refractivity contribution in [1.82, 2.24) is 14.3 Å². The Kier molecular flexibility index (Phi) is 6.22. The molecule has 1 unspecified atom stereocenters. The monoisotopic (exact) mass is 460 g/mol. The number of para-hydroxylation sites is 1. The molecule has 1 amide bonds. The number of anilines is 1. The van der Waals surface area contributed by atoms with Gasteiger partial charge in [-0.15, -0.1) is 0 Å². The molecule has 0 spiro atoms. The second-order valence-electron chi connectivity index (χ2n) is 7.35. The maximum atomic E-state index is 13.6. The molecule has 8 nitrogen and oxygen atoms in total. The Morgan fingerprint density at radius 2 is 2.16 bits per heavy atom. The molecule has 0 bridgehead atoms. The topological polar surface area (TPSA) is 92.7 Å². The lowest BCUT2D eigenvalue weighted by atomic mass is 10.2. The Labute approximate surface area is 185 Å². The molecule has 1 aliphatic rings. The van der Waals surface area contributed by atoms with Crippen LogP contribution in [0.1, 0.15) is 25.3 Å². The van der Waals surface area contributed by atoms with Crippen molar-refractivity contribution in [1.29, 1.82) is 0 Å². The van der Waals surface area contributed by atoms with E-state index in [1.807, 2.05) is 37.3 Å². The zero-order valence-corrected chi connectivity index (χ0v) is 19.0. The highest BCUT2D eigenvalue weighted by Crippen LogP contribution is 2.36. The summed E-state index contributed by atoms with van der Waals surface area (Å²) in [7, 11) is -3.49. The number of rotatable bonds is 7. The van der Waals surface area contributed by atoms with E-state index in [4.69, 9.17) is 9.72 Å². The van der Waals surface area contributed by atoms with Crippen molar-refractivity contribution in [3.05, 3.63) is 48.3 Å². The first kappa shape index (κ1) is 21.7. The number of aromatic nitrogens is 2. The standard InChI is InChI=1S/C21H24N4O4S2/c1-3-29-17-9-4-10-18-19(17)23-21(30-18)24(14-15-7-5-11-22-13-15)20(26)16-8-6-12-25(16)31(2,27)28/h4-5,7,9-11,13,16H,3,6,8,12,14H2,1-2H3. The van der Waals surface area contributed by atoms with Crippen LogP contribution in [0.3, 0.4) is 0 Å². The largest absolute Gasteiger partial charge is 0.492 e. The Bertz CT molecular complexity index is 1180. The molecule has 4 rings (SSSR count). The fourth-order valence-corrected chi connectivity index (χ4v) is 5.88. The third-order valence-electron chi connectivity index (χ3n) is 5.15. The van der Waals surface area contributed by atoms with E-state index in [2.05, 4.69) is 4.98 Å². The Morgan fingerprint density at radius 1 is 1.32 bits per heavy atom. The number of carbonyl (C=O) groups excluding carboxylic acids is 1. The Morgan fingerprint density at radius 3 is 2.87 bits per heavy atom. The SMILES string of the molecule is CCOc1cccc2sc(N(Cc3cccnc3)C(=O)C3CCCN3S(C)(=O)=O)nc12. The van der Waals surface area contributed by atoms with Crippen LogP contribution in [0.5, 0.6) is 5.75 Å². The predicted molar refractivity (Wildman–Crippen MR) is 121 cm³/mol. The van der Waals surface area contributed by atoms with Crippen molar-refractivity contribution in [2.24, 2.45) is 0 Å². The number of carbonyl (C=O) groups is 1. The molecule has 1 saturated heterocycles. The number of pyridine rings is 1. The van der Waals surface area contributed by atoms with Gasteiger partial charge in [-0.2, -0.15) is 4.31 Å². The van der Waals surface area contributed by atoms with Gasteiger partial charge in [0.2, 0.25) is 15.9 Å². The quantitative estimate of drug-likeness (QED) is 0.538. The number of ether oxygens (including phenoxy) is 1. The van der Waals surface area contributed by atoms with E-state index in [-0.39, 0.29) is 12.5 Å².